The van der Waals surface area contributed by atoms with E-state index in [2.05, 4.69) is 20.8 Å². The summed E-state index contributed by atoms with van der Waals surface area (Å²) in [4.78, 5) is 0. The summed E-state index contributed by atoms with van der Waals surface area (Å²) in [6.07, 6.45) is 24.2. The number of ether oxygens (including phenoxy) is 3. The van der Waals surface area contributed by atoms with Gasteiger partial charge >= 0.3 is 0 Å². The van der Waals surface area contributed by atoms with Crippen LogP contribution in [0.1, 0.15) is 136 Å². The zero-order valence-electron chi connectivity index (χ0n) is 20.5. The first-order chi connectivity index (χ1) is 13.7. The van der Waals surface area contributed by atoms with Crippen molar-refractivity contribution in [1.29, 1.82) is 0 Å². The molecule has 0 N–H and O–H groups in total. The summed E-state index contributed by atoms with van der Waals surface area (Å²) in [6, 6.07) is 0. The van der Waals surface area contributed by atoms with Crippen molar-refractivity contribution in [2.45, 2.75) is 142 Å². The van der Waals surface area contributed by atoms with Gasteiger partial charge in [-0.25, -0.2) is 0 Å². The summed E-state index contributed by atoms with van der Waals surface area (Å²) in [6.45, 7) is 6.80. The first kappa shape index (κ1) is 30.1. The lowest BCUT2D eigenvalue weighted by atomic mass is 10.1. The van der Waals surface area contributed by atoms with Crippen LogP contribution < -0.4 is 0 Å². The Labute approximate surface area is 178 Å². The number of hydrogen-bond acceptors (Lipinski definition) is 3. The van der Waals surface area contributed by atoms with Gasteiger partial charge in [0.25, 0.3) is 5.97 Å². The lowest BCUT2D eigenvalue weighted by Gasteiger charge is -2.28. The average molecular weight is 403 g/mol. The molecule has 0 aliphatic heterocycles. The first-order valence-electron chi connectivity index (χ1n) is 12.3. The van der Waals surface area contributed by atoms with Crippen molar-refractivity contribution in [3.8, 4) is 0 Å². The molecule has 0 atom stereocenters. The van der Waals surface area contributed by atoms with Gasteiger partial charge in [0.15, 0.2) is 0 Å². The monoisotopic (exact) mass is 402 g/mol. The number of unbranched alkanes of at least 4 members (excludes halogenated alkanes) is 15. The van der Waals surface area contributed by atoms with Crippen molar-refractivity contribution in [2.24, 2.45) is 0 Å². The largest absolute Gasteiger partial charge is 0.331 e. The molecule has 0 aromatic carbocycles. The summed E-state index contributed by atoms with van der Waals surface area (Å²) in [7, 11) is 4.86. The molecule has 0 bridgehead atoms. The van der Waals surface area contributed by atoms with Crippen molar-refractivity contribution in [2.75, 3.05) is 21.3 Å². The van der Waals surface area contributed by atoms with Gasteiger partial charge < -0.3 is 14.2 Å². The molecule has 0 aliphatic carbocycles. The van der Waals surface area contributed by atoms with E-state index in [0.717, 1.165) is 12.8 Å². The van der Waals surface area contributed by atoms with E-state index in [1.165, 1.54) is 103 Å². The molecule has 0 saturated carbocycles. The molecule has 0 fully saturated rings. The summed E-state index contributed by atoms with van der Waals surface area (Å²) >= 11 is 0. The Bertz CT molecular complexity index is 246. The van der Waals surface area contributed by atoms with E-state index < -0.39 is 5.97 Å². The van der Waals surface area contributed by atoms with Gasteiger partial charge in [0.2, 0.25) is 0 Å². The molecule has 0 unspecified atom stereocenters. The molecule has 0 heterocycles. The van der Waals surface area contributed by atoms with Gasteiger partial charge in [-0.1, -0.05) is 124 Å². The minimum Gasteiger partial charge on any atom is -0.331 e. The van der Waals surface area contributed by atoms with Gasteiger partial charge in [0, 0.05) is 27.8 Å². The highest BCUT2D eigenvalue weighted by Crippen LogP contribution is 2.21. The average Bonchev–Trinajstić information content (AvgIpc) is 2.73. The maximum atomic E-state index is 5.24. The molecule has 172 valence electrons. The summed E-state index contributed by atoms with van der Waals surface area (Å²) in [5, 5.41) is 0. The highest BCUT2D eigenvalue weighted by atomic mass is 16.9. The van der Waals surface area contributed by atoms with E-state index in [1.807, 2.05) is 0 Å². The predicted molar refractivity (Wildman–Crippen MR) is 124 cm³/mol. The molecule has 0 aromatic heterocycles. The van der Waals surface area contributed by atoms with E-state index in [1.54, 1.807) is 21.3 Å². The molecule has 28 heavy (non-hydrogen) atoms. The molecule has 0 saturated heterocycles. The minimum absolute atomic E-state index is 0.796. The van der Waals surface area contributed by atoms with Crippen LogP contribution in [0.5, 0.6) is 0 Å². The van der Waals surface area contributed by atoms with Gasteiger partial charge in [-0.05, 0) is 6.42 Å². The van der Waals surface area contributed by atoms with E-state index in [4.69, 9.17) is 14.2 Å². The highest BCUT2D eigenvalue weighted by Gasteiger charge is 2.28. The quantitative estimate of drug-likeness (QED) is 0.151. The Morgan fingerprint density at radius 2 is 0.643 bits per heavy atom. The summed E-state index contributed by atoms with van der Waals surface area (Å²) in [5.41, 5.74) is 0. The number of methoxy groups -OCH3 is 3. The molecule has 0 spiro atoms. The first-order valence-corrected chi connectivity index (χ1v) is 12.3. The van der Waals surface area contributed by atoms with Crippen LogP contribution in [-0.4, -0.2) is 27.3 Å². The lowest BCUT2D eigenvalue weighted by molar-refractivity contribution is -0.355. The Morgan fingerprint density at radius 1 is 0.393 bits per heavy atom. The maximum Gasteiger partial charge on any atom is 0.282 e. The van der Waals surface area contributed by atoms with Crippen molar-refractivity contribution >= 4 is 0 Å². The third-order valence-electron chi connectivity index (χ3n) is 5.48. The Morgan fingerprint density at radius 3 is 0.893 bits per heavy atom. The fourth-order valence-electron chi connectivity index (χ4n) is 3.42. The van der Waals surface area contributed by atoms with E-state index in [9.17, 15) is 0 Å². The van der Waals surface area contributed by atoms with Crippen LogP contribution >= 0.6 is 0 Å². The molecule has 0 amide bonds. The fraction of sp³-hybridized carbons (Fsp3) is 1.00. The van der Waals surface area contributed by atoms with Crippen molar-refractivity contribution in [3.05, 3.63) is 0 Å². The second-order valence-corrected chi connectivity index (χ2v) is 8.00. The summed E-state index contributed by atoms with van der Waals surface area (Å²) in [5.74, 6) is -0.830. The van der Waals surface area contributed by atoms with Gasteiger partial charge in [-0.3, -0.25) is 0 Å². The van der Waals surface area contributed by atoms with Gasteiger partial charge in [-0.15, -0.1) is 0 Å². The molecule has 0 rings (SSSR count). The van der Waals surface area contributed by atoms with Crippen LogP contribution in [0.3, 0.4) is 0 Å². The smallest absolute Gasteiger partial charge is 0.282 e. The van der Waals surface area contributed by atoms with E-state index in [0.29, 0.717) is 0 Å². The van der Waals surface area contributed by atoms with Crippen molar-refractivity contribution in [3.63, 3.8) is 0 Å². The fourth-order valence-corrected chi connectivity index (χ4v) is 3.42. The maximum absolute atomic E-state index is 5.24. The second kappa shape index (κ2) is 24.9. The lowest BCUT2D eigenvalue weighted by Crippen LogP contribution is -2.35. The van der Waals surface area contributed by atoms with Crippen molar-refractivity contribution < 1.29 is 14.2 Å². The molecule has 0 aliphatic rings. The Hall–Kier alpha value is -0.120. The standard InChI is InChI=1S/C13H28O3.C12H26/c1-5-6-7-8-9-10-11-12-13(14-2,15-3)16-4;1-3-5-7-9-11-12-10-8-6-4-2/h5-12H2,1-4H3;3-12H2,1-2H3. The van der Waals surface area contributed by atoms with Gasteiger partial charge in [0.05, 0.1) is 0 Å². The third kappa shape index (κ3) is 20.6. The number of hydrogen-bond donors (Lipinski definition) is 0. The molecule has 0 aromatic rings. The van der Waals surface area contributed by atoms with Crippen molar-refractivity contribution in [1.82, 2.24) is 0 Å². The molecule has 0 radical (unpaired) electrons. The van der Waals surface area contributed by atoms with Crippen LogP contribution in [0.2, 0.25) is 0 Å². The van der Waals surface area contributed by atoms with Crippen LogP contribution in [0.25, 0.3) is 0 Å². The predicted octanol–water partition coefficient (Wildman–Crippen LogP) is 8.65. The molecule has 3 nitrogen and oxygen atoms in total. The molecule has 3 heteroatoms. The molecular formula is C25H54O3. The van der Waals surface area contributed by atoms with E-state index in [-0.39, 0.29) is 0 Å². The van der Waals surface area contributed by atoms with Crippen LogP contribution in [-0.2, 0) is 14.2 Å². The van der Waals surface area contributed by atoms with Gasteiger partial charge in [0.1, 0.15) is 0 Å². The zero-order valence-corrected chi connectivity index (χ0v) is 20.5. The Balaban J connectivity index is 0. The third-order valence-corrected chi connectivity index (χ3v) is 5.48. The minimum atomic E-state index is -0.830. The SMILES string of the molecule is CCCCCCCCCC(OC)(OC)OC.CCCCCCCCCCCC. The normalized spacial score (nSPS) is 11.4. The number of rotatable bonds is 20. The van der Waals surface area contributed by atoms with E-state index >= 15 is 0 Å². The van der Waals surface area contributed by atoms with Crippen LogP contribution in [0.4, 0.5) is 0 Å². The van der Waals surface area contributed by atoms with Crippen LogP contribution in [0.15, 0.2) is 0 Å². The Kier molecular flexibility index (Phi) is 26.8. The second-order valence-electron chi connectivity index (χ2n) is 8.00. The van der Waals surface area contributed by atoms with Gasteiger partial charge in [-0.2, -0.15) is 0 Å². The summed E-state index contributed by atoms with van der Waals surface area (Å²) < 4.78 is 15.7. The topological polar surface area (TPSA) is 27.7 Å². The molecular weight excluding hydrogens is 348 g/mol. The van der Waals surface area contributed by atoms with Crippen LogP contribution in [0, 0.1) is 0 Å². The zero-order chi connectivity index (χ0) is 21.3. The highest BCUT2D eigenvalue weighted by molar-refractivity contribution is 4.56.